The van der Waals surface area contributed by atoms with Crippen LogP contribution in [-0.2, 0) is 0 Å². The van der Waals surface area contributed by atoms with Crippen molar-refractivity contribution in [2.45, 2.75) is 59.4 Å². The summed E-state index contributed by atoms with van der Waals surface area (Å²) >= 11 is 0. The first-order valence-corrected chi connectivity index (χ1v) is 7.01. The Morgan fingerprint density at radius 3 is 2.56 bits per heavy atom. The minimum Gasteiger partial charge on any atom is -0.394 e. The Balaban J connectivity index is 2.13. The SMILES string of the molecule is Cc1nn(C(C)C)c(NCC2(C)CCCC2)c1N. The van der Waals surface area contributed by atoms with E-state index in [9.17, 15) is 0 Å². The Morgan fingerprint density at radius 1 is 1.39 bits per heavy atom. The minimum atomic E-state index is 0.333. The Hall–Kier alpha value is -1.19. The van der Waals surface area contributed by atoms with Gasteiger partial charge in [-0.25, -0.2) is 4.68 Å². The van der Waals surface area contributed by atoms with Crippen molar-refractivity contribution in [2.24, 2.45) is 5.41 Å². The summed E-state index contributed by atoms with van der Waals surface area (Å²) in [5.74, 6) is 0.996. The lowest BCUT2D eigenvalue weighted by Crippen LogP contribution is -2.24. The number of nitrogens with two attached hydrogens (primary N) is 1. The van der Waals surface area contributed by atoms with Crippen LogP contribution in [0.1, 0.15) is 58.2 Å². The van der Waals surface area contributed by atoms with Gasteiger partial charge in [0.1, 0.15) is 5.82 Å². The van der Waals surface area contributed by atoms with Crippen molar-refractivity contribution in [1.29, 1.82) is 0 Å². The molecular formula is C14H26N4. The van der Waals surface area contributed by atoms with E-state index in [1.165, 1.54) is 25.7 Å². The molecule has 1 aliphatic carbocycles. The molecule has 0 atom stereocenters. The molecule has 0 amide bonds. The molecule has 0 aliphatic heterocycles. The van der Waals surface area contributed by atoms with E-state index >= 15 is 0 Å². The van der Waals surface area contributed by atoms with Crippen LogP contribution in [0.5, 0.6) is 0 Å². The van der Waals surface area contributed by atoms with Gasteiger partial charge < -0.3 is 11.1 Å². The molecular weight excluding hydrogens is 224 g/mol. The summed E-state index contributed by atoms with van der Waals surface area (Å²) in [6, 6.07) is 0.333. The maximum Gasteiger partial charge on any atom is 0.148 e. The average Bonchev–Trinajstić information content (AvgIpc) is 2.84. The monoisotopic (exact) mass is 250 g/mol. The van der Waals surface area contributed by atoms with Crippen LogP contribution in [-0.4, -0.2) is 16.3 Å². The molecule has 2 rings (SSSR count). The predicted molar refractivity (Wildman–Crippen MR) is 76.8 cm³/mol. The van der Waals surface area contributed by atoms with Crippen LogP contribution in [0, 0.1) is 12.3 Å². The van der Waals surface area contributed by atoms with Gasteiger partial charge >= 0.3 is 0 Å². The molecule has 1 aliphatic rings. The predicted octanol–water partition coefficient (Wildman–Crippen LogP) is 3.35. The van der Waals surface area contributed by atoms with Crippen LogP contribution in [0.4, 0.5) is 11.5 Å². The van der Waals surface area contributed by atoms with Crippen molar-refractivity contribution in [1.82, 2.24) is 9.78 Å². The standard InChI is InChI=1S/C14H26N4/c1-10(2)18-13(12(15)11(3)17-18)16-9-14(4)7-5-6-8-14/h10,16H,5-9,15H2,1-4H3. The Morgan fingerprint density at radius 2 is 2.00 bits per heavy atom. The lowest BCUT2D eigenvalue weighted by atomic mass is 9.89. The minimum absolute atomic E-state index is 0.333. The fourth-order valence-corrected chi connectivity index (χ4v) is 2.81. The van der Waals surface area contributed by atoms with Gasteiger partial charge in [0, 0.05) is 12.6 Å². The molecule has 0 spiro atoms. The first kappa shape index (κ1) is 13.2. The van der Waals surface area contributed by atoms with Gasteiger partial charge in [0.05, 0.1) is 11.4 Å². The zero-order chi connectivity index (χ0) is 13.3. The van der Waals surface area contributed by atoms with E-state index in [1.54, 1.807) is 0 Å². The van der Waals surface area contributed by atoms with Crippen LogP contribution in [0.2, 0.25) is 0 Å². The second-order valence-electron chi connectivity index (χ2n) is 6.26. The number of hydrogen-bond donors (Lipinski definition) is 2. The zero-order valence-corrected chi connectivity index (χ0v) is 12.1. The van der Waals surface area contributed by atoms with E-state index in [0.29, 0.717) is 11.5 Å². The molecule has 0 bridgehead atoms. The molecule has 102 valence electrons. The topological polar surface area (TPSA) is 55.9 Å². The zero-order valence-electron chi connectivity index (χ0n) is 12.1. The Labute approximate surface area is 110 Å². The fourth-order valence-electron chi connectivity index (χ4n) is 2.81. The van der Waals surface area contributed by atoms with Gasteiger partial charge in [-0.1, -0.05) is 19.8 Å². The van der Waals surface area contributed by atoms with Crippen molar-refractivity contribution in [3.05, 3.63) is 5.69 Å². The lowest BCUT2D eigenvalue weighted by molar-refractivity contribution is 0.360. The summed E-state index contributed by atoms with van der Waals surface area (Å²) < 4.78 is 2.00. The summed E-state index contributed by atoms with van der Waals surface area (Å²) in [6.45, 7) is 9.60. The molecule has 0 unspecified atom stereocenters. The van der Waals surface area contributed by atoms with E-state index < -0.39 is 0 Å². The molecule has 0 radical (unpaired) electrons. The number of anilines is 2. The molecule has 4 nitrogen and oxygen atoms in total. The number of hydrogen-bond acceptors (Lipinski definition) is 3. The van der Waals surface area contributed by atoms with Gasteiger partial charge in [0.25, 0.3) is 0 Å². The van der Waals surface area contributed by atoms with E-state index in [4.69, 9.17) is 5.73 Å². The first-order chi connectivity index (χ1) is 8.43. The van der Waals surface area contributed by atoms with Gasteiger partial charge in [-0.05, 0) is 39.0 Å². The third-order valence-corrected chi connectivity index (χ3v) is 4.11. The summed E-state index contributed by atoms with van der Waals surface area (Å²) in [6.07, 6.45) is 5.34. The second-order valence-corrected chi connectivity index (χ2v) is 6.26. The molecule has 18 heavy (non-hydrogen) atoms. The van der Waals surface area contributed by atoms with Crippen molar-refractivity contribution in [3.63, 3.8) is 0 Å². The average molecular weight is 250 g/mol. The largest absolute Gasteiger partial charge is 0.394 e. The van der Waals surface area contributed by atoms with E-state index in [0.717, 1.165) is 23.7 Å². The van der Waals surface area contributed by atoms with Crippen LogP contribution in [0.15, 0.2) is 0 Å². The Kier molecular flexibility index (Phi) is 3.55. The highest BCUT2D eigenvalue weighted by Crippen LogP contribution is 2.38. The normalized spacial score (nSPS) is 18.5. The van der Waals surface area contributed by atoms with E-state index in [-0.39, 0.29) is 0 Å². The maximum absolute atomic E-state index is 6.12. The number of nitrogens with one attached hydrogen (secondary N) is 1. The molecule has 1 aromatic heterocycles. The summed E-state index contributed by atoms with van der Waals surface area (Å²) in [7, 11) is 0. The molecule has 3 N–H and O–H groups in total. The molecule has 4 heteroatoms. The number of nitrogen functional groups attached to an aromatic ring is 1. The molecule has 1 aromatic rings. The molecule has 0 saturated heterocycles. The number of aryl methyl sites for hydroxylation is 1. The van der Waals surface area contributed by atoms with E-state index in [1.807, 2.05) is 11.6 Å². The van der Waals surface area contributed by atoms with Crippen molar-refractivity contribution < 1.29 is 0 Å². The maximum atomic E-state index is 6.12. The van der Waals surface area contributed by atoms with Crippen molar-refractivity contribution in [3.8, 4) is 0 Å². The van der Waals surface area contributed by atoms with Gasteiger partial charge in [0.15, 0.2) is 0 Å². The van der Waals surface area contributed by atoms with Crippen LogP contribution < -0.4 is 11.1 Å². The van der Waals surface area contributed by atoms with Gasteiger partial charge in [0.2, 0.25) is 0 Å². The smallest absolute Gasteiger partial charge is 0.148 e. The first-order valence-electron chi connectivity index (χ1n) is 7.01. The van der Waals surface area contributed by atoms with Crippen molar-refractivity contribution in [2.75, 3.05) is 17.6 Å². The highest BCUT2D eigenvalue weighted by atomic mass is 15.4. The molecule has 1 saturated carbocycles. The van der Waals surface area contributed by atoms with Gasteiger partial charge in [-0.15, -0.1) is 0 Å². The highest BCUT2D eigenvalue weighted by Gasteiger charge is 2.29. The van der Waals surface area contributed by atoms with Crippen LogP contribution >= 0.6 is 0 Å². The number of aromatic nitrogens is 2. The second kappa shape index (κ2) is 4.82. The number of nitrogens with zero attached hydrogens (tertiary/aromatic N) is 2. The third kappa shape index (κ3) is 2.47. The lowest BCUT2D eigenvalue weighted by Gasteiger charge is -2.25. The highest BCUT2D eigenvalue weighted by molar-refractivity contribution is 5.65. The Bertz CT molecular complexity index is 414. The van der Waals surface area contributed by atoms with Gasteiger partial charge in [-0.3, -0.25) is 0 Å². The summed E-state index contributed by atoms with van der Waals surface area (Å²) in [4.78, 5) is 0. The van der Waals surface area contributed by atoms with Gasteiger partial charge in [-0.2, -0.15) is 5.10 Å². The molecule has 1 fully saturated rings. The number of rotatable bonds is 4. The fraction of sp³-hybridized carbons (Fsp3) is 0.786. The molecule has 1 heterocycles. The van der Waals surface area contributed by atoms with Crippen LogP contribution in [0.3, 0.4) is 0 Å². The third-order valence-electron chi connectivity index (χ3n) is 4.11. The quantitative estimate of drug-likeness (QED) is 0.861. The van der Waals surface area contributed by atoms with E-state index in [2.05, 4.69) is 31.2 Å². The summed E-state index contributed by atoms with van der Waals surface area (Å²) in [5, 5.41) is 8.05. The summed E-state index contributed by atoms with van der Waals surface area (Å²) in [5.41, 5.74) is 8.26. The van der Waals surface area contributed by atoms with Crippen molar-refractivity contribution >= 4 is 11.5 Å². The van der Waals surface area contributed by atoms with Crippen LogP contribution in [0.25, 0.3) is 0 Å². The molecule has 0 aromatic carbocycles.